The molecule has 1 aliphatic heterocycles. The summed E-state index contributed by atoms with van der Waals surface area (Å²) in [6.07, 6.45) is 3.23. The van der Waals surface area contributed by atoms with Gasteiger partial charge in [0.05, 0.1) is 13.2 Å². The Kier molecular flexibility index (Phi) is 7.95. The van der Waals surface area contributed by atoms with Crippen molar-refractivity contribution in [1.29, 1.82) is 0 Å². The normalized spacial score (nSPS) is 15.8. The van der Waals surface area contributed by atoms with Gasteiger partial charge >= 0.3 is 5.97 Å². The van der Waals surface area contributed by atoms with Crippen LogP contribution in [-0.4, -0.2) is 50.3 Å². The Balaban J connectivity index is 0.00000200. The number of hydrogen-bond acceptors (Lipinski definition) is 4. The van der Waals surface area contributed by atoms with Crippen molar-refractivity contribution >= 4 is 24.5 Å². The smallest absolute Gasteiger partial charge is 0.330 e. The van der Waals surface area contributed by atoms with Crippen LogP contribution in [0.3, 0.4) is 0 Å². The maximum atomic E-state index is 11.5. The summed E-state index contributed by atoms with van der Waals surface area (Å²) in [7, 11) is 0. The van der Waals surface area contributed by atoms with Crippen LogP contribution in [0.15, 0.2) is 36.4 Å². The fourth-order valence-corrected chi connectivity index (χ4v) is 1.88. The van der Waals surface area contributed by atoms with E-state index in [4.69, 9.17) is 9.47 Å². The molecule has 2 rings (SSSR count). The average molecular weight is 298 g/mol. The molecule has 110 valence electrons. The van der Waals surface area contributed by atoms with Gasteiger partial charge in [0.1, 0.15) is 6.61 Å². The largest absolute Gasteiger partial charge is 0.461 e. The van der Waals surface area contributed by atoms with Gasteiger partial charge in [0.25, 0.3) is 0 Å². The van der Waals surface area contributed by atoms with Gasteiger partial charge < -0.3 is 9.47 Å². The van der Waals surface area contributed by atoms with Crippen LogP contribution < -0.4 is 0 Å². The summed E-state index contributed by atoms with van der Waals surface area (Å²) in [5, 5.41) is 0. The quantitative estimate of drug-likeness (QED) is 0.615. The molecule has 0 bridgehead atoms. The molecule has 0 unspecified atom stereocenters. The number of benzene rings is 1. The summed E-state index contributed by atoms with van der Waals surface area (Å²) in [6.45, 7) is 4.56. The van der Waals surface area contributed by atoms with Crippen LogP contribution in [0.4, 0.5) is 0 Å². The van der Waals surface area contributed by atoms with Crippen LogP contribution >= 0.6 is 12.4 Å². The van der Waals surface area contributed by atoms with Gasteiger partial charge in [-0.1, -0.05) is 30.3 Å². The molecule has 5 heteroatoms. The SMILES string of the molecule is Cl.O=C(/C=C/c1ccccc1)OCCN1CCOCC1. The number of carbonyl (C=O) groups excluding carboxylic acids is 1. The van der Waals surface area contributed by atoms with Gasteiger partial charge in [-0.3, -0.25) is 4.90 Å². The minimum atomic E-state index is -0.294. The highest BCUT2D eigenvalue weighted by molar-refractivity contribution is 5.87. The molecule has 1 heterocycles. The third-order valence-corrected chi connectivity index (χ3v) is 2.97. The molecular weight excluding hydrogens is 278 g/mol. The van der Waals surface area contributed by atoms with E-state index in [1.807, 2.05) is 30.3 Å². The molecule has 1 aromatic rings. The van der Waals surface area contributed by atoms with E-state index in [0.717, 1.165) is 38.4 Å². The fourth-order valence-electron chi connectivity index (χ4n) is 1.88. The summed E-state index contributed by atoms with van der Waals surface area (Å²) < 4.78 is 10.4. The molecule has 0 radical (unpaired) electrons. The Labute approximate surface area is 125 Å². The predicted octanol–water partition coefficient (Wildman–Crippen LogP) is 2.00. The molecule has 0 saturated carbocycles. The maximum Gasteiger partial charge on any atom is 0.330 e. The van der Waals surface area contributed by atoms with Crippen molar-refractivity contribution in [3.63, 3.8) is 0 Å². The predicted molar refractivity (Wildman–Crippen MR) is 80.9 cm³/mol. The summed E-state index contributed by atoms with van der Waals surface area (Å²) in [5.74, 6) is -0.294. The first-order valence-corrected chi connectivity index (χ1v) is 6.54. The zero-order valence-corrected chi connectivity index (χ0v) is 12.2. The lowest BCUT2D eigenvalue weighted by Crippen LogP contribution is -2.38. The lowest BCUT2D eigenvalue weighted by atomic mass is 10.2. The van der Waals surface area contributed by atoms with Crippen molar-refractivity contribution in [2.75, 3.05) is 39.5 Å². The second-order valence-corrected chi connectivity index (χ2v) is 4.37. The van der Waals surface area contributed by atoms with E-state index in [0.29, 0.717) is 6.61 Å². The van der Waals surface area contributed by atoms with Crippen LogP contribution in [0.25, 0.3) is 6.08 Å². The molecule has 1 aromatic carbocycles. The van der Waals surface area contributed by atoms with E-state index in [1.54, 1.807) is 6.08 Å². The number of hydrogen-bond donors (Lipinski definition) is 0. The minimum absolute atomic E-state index is 0. The molecule has 1 saturated heterocycles. The number of rotatable bonds is 5. The van der Waals surface area contributed by atoms with Crippen molar-refractivity contribution in [2.24, 2.45) is 0 Å². The number of carbonyl (C=O) groups is 1. The summed E-state index contributed by atoms with van der Waals surface area (Å²) in [6, 6.07) is 9.69. The van der Waals surface area contributed by atoms with Gasteiger partial charge in [0.2, 0.25) is 0 Å². The second-order valence-electron chi connectivity index (χ2n) is 4.37. The number of morpholine rings is 1. The van der Waals surface area contributed by atoms with Crippen molar-refractivity contribution < 1.29 is 14.3 Å². The second kappa shape index (κ2) is 9.53. The van der Waals surface area contributed by atoms with Crippen molar-refractivity contribution in [2.45, 2.75) is 0 Å². The van der Waals surface area contributed by atoms with E-state index in [2.05, 4.69) is 4.90 Å². The number of halogens is 1. The average Bonchev–Trinajstić information content (AvgIpc) is 2.47. The van der Waals surface area contributed by atoms with Crippen molar-refractivity contribution in [3.8, 4) is 0 Å². The van der Waals surface area contributed by atoms with Crippen LogP contribution in [0.2, 0.25) is 0 Å². The molecule has 0 aliphatic carbocycles. The van der Waals surface area contributed by atoms with Crippen molar-refractivity contribution in [3.05, 3.63) is 42.0 Å². The fraction of sp³-hybridized carbons (Fsp3) is 0.400. The van der Waals surface area contributed by atoms with E-state index in [1.165, 1.54) is 6.08 Å². The Hall–Kier alpha value is -1.36. The van der Waals surface area contributed by atoms with E-state index in [9.17, 15) is 4.79 Å². The van der Waals surface area contributed by atoms with Crippen LogP contribution in [0.5, 0.6) is 0 Å². The van der Waals surface area contributed by atoms with Gasteiger partial charge in [-0.15, -0.1) is 12.4 Å². The van der Waals surface area contributed by atoms with E-state index >= 15 is 0 Å². The van der Waals surface area contributed by atoms with Gasteiger partial charge in [0, 0.05) is 25.7 Å². The van der Waals surface area contributed by atoms with E-state index < -0.39 is 0 Å². The molecule has 0 aromatic heterocycles. The van der Waals surface area contributed by atoms with Crippen molar-refractivity contribution in [1.82, 2.24) is 4.90 Å². The number of ether oxygens (including phenoxy) is 2. The summed E-state index contributed by atoms with van der Waals surface area (Å²) in [5.41, 5.74) is 0.993. The Bertz CT molecular complexity index is 416. The summed E-state index contributed by atoms with van der Waals surface area (Å²) >= 11 is 0. The van der Waals surface area contributed by atoms with Gasteiger partial charge in [-0.25, -0.2) is 4.79 Å². The molecule has 0 atom stereocenters. The lowest BCUT2D eigenvalue weighted by molar-refractivity contribution is -0.138. The topological polar surface area (TPSA) is 38.8 Å². The molecule has 0 spiro atoms. The van der Waals surface area contributed by atoms with Crippen LogP contribution in [0.1, 0.15) is 5.56 Å². The van der Waals surface area contributed by atoms with Crippen LogP contribution in [-0.2, 0) is 14.3 Å². The maximum absolute atomic E-state index is 11.5. The highest BCUT2D eigenvalue weighted by Crippen LogP contribution is 2.01. The Morgan fingerprint density at radius 3 is 2.65 bits per heavy atom. The van der Waals surface area contributed by atoms with Gasteiger partial charge in [-0.2, -0.15) is 0 Å². The van der Waals surface area contributed by atoms with Crippen LogP contribution in [0, 0.1) is 0 Å². The first-order valence-electron chi connectivity index (χ1n) is 6.54. The Morgan fingerprint density at radius 1 is 1.25 bits per heavy atom. The number of nitrogens with zero attached hydrogens (tertiary/aromatic N) is 1. The monoisotopic (exact) mass is 297 g/mol. The van der Waals surface area contributed by atoms with Gasteiger partial charge in [0.15, 0.2) is 0 Å². The zero-order chi connectivity index (χ0) is 13.3. The molecular formula is C15H20ClNO3. The highest BCUT2D eigenvalue weighted by Gasteiger charge is 2.10. The summed E-state index contributed by atoms with van der Waals surface area (Å²) in [4.78, 5) is 13.7. The zero-order valence-electron chi connectivity index (χ0n) is 11.4. The standard InChI is InChI=1S/C15H19NO3.ClH/c17-15(7-6-14-4-2-1-3-5-14)19-13-10-16-8-11-18-12-9-16;/h1-7H,8-13H2;1H/b7-6+;. The third kappa shape index (κ3) is 6.19. The minimum Gasteiger partial charge on any atom is -0.461 e. The molecule has 0 amide bonds. The third-order valence-electron chi connectivity index (χ3n) is 2.97. The first-order chi connectivity index (χ1) is 9.34. The molecule has 20 heavy (non-hydrogen) atoms. The highest BCUT2D eigenvalue weighted by atomic mass is 35.5. The number of esters is 1. The van der Waals surface area contributed by atoms with E-state index in [-0.39, 0.29) is 18.4 Å². The molecule has 1 aliphatic rings. The molecule has 0 N–H and O–H groups in total. The first kappa shape index (κ1) is 16.7. The molecule has 1 fully saturated rings. The van der Waals surface area contributed by atoms with Gasteiger partial charge in [-0.05, 0) is 11.6 Å². The Morgan fingerprint density at radius 2 is 1.95 bits per heavy atom. The lowest BCUT2D eigenvalue weighted by Gasteiger charge is -2.25. The molecule has 4 nitrogen and oxygen atoms in total.